The molecule has 2 rings (SSSR count). The van der Waals surface area contributed by atoms with Crippen molar-refractivity contribution < 1.29 is 39.1 Å². The number of carbonyl (C=O) groups is 1. The van der Waals surface area contributed by atoms with E-state index in [1.165, 1.54) is 23.9 Å². The summed E-state index contributed by atoms with van der Waals surface area (Å²) in [5.74, 6) is -0.110. The minimum Gasteiger partial charge on any atom is -0.469 e. The van der Waals surface area contributed by atoms with Crippen LogP contribution < -0.4 is 29.6 Å². The second-order valence-electron chi connectivity index (χ2n) is 6.19. The predicted octanol–water partition coefficient (Wildman–Crippen LogP) is 1.49. The van der Waals surface area contributed by atoms with Gasteiger partial charge in [-0.05, 0) is 38.3 Å². The number of ether oxygens (including phenoxy) is 1. The maximum Gasteiger partial charge on any atom is 1.00 e. The summed E-state index contributed by atoms with van der Waals surface area (Å²) in [5, 5.41) is 0. The fourth-order valence-electron chi connectivity index (χ4n) is 3.03. The van der Waals surface area contributed by atoms with E-state index < -0.39 is 0 Å². The molecule has 0 bridgehead atoms. The Hall–Kier alpha value is -0.640. The van der Waals surface area contributed by atoms with Crippen LogP contribution >= 0.6 is 0 Å². The number of hydrogen-bond donors (Lipinski definition) is 0. The van der Waals surface area contributed by atoms with Crippen molar-refractivity contribution in [3.8, 4) is 0 Å². The number of rotatable bonds is 6. The number of aryl methyl sites for hydroxylation is 1. The molecule has 1 atom stereocenters. The third-order valence-electron chi connectivity index (χ3n) is 4.62. The Balaban J connectivity index is 0.00000242. The van der Waals surface area contributed by atoms with Crippen molar-refractivity contribution in [2.75, 3.05) is 7.11 Å². The molecule has 114 valence electrons. The van der Waals surface area contributed by atoms with E-state index in [1.54, 1.807) is 0 Å². The summed E-state index contributed by atoms with van der Waals surface area (Å²) in [7, 11) is 1.45. The molecule has 1 aliphatic rings. The molecule has 1 aliphatic heterocycles. The molecule has 4 heteroatoms. The van der Waals surface area contributed by atoms with Crippen LogP contribution in [0.5, 0.6) is 0 Å². The van der Waals surface area contributed by atoms with Gasteiger partial charge < -0.3 is 4.74 Å². The quantitative estimate of drug-likeness (QED) is 0.454. The maximum absolute atomic E-state index is 11.1. The van der Waals surface area contributed by atoms with E-state index in [2.05, 4.69) is 43.7 Å². The first-order valence-corrected chi connectivity index (χ1v) is 7.71. The third kappa shape index (κ3) is 4.21. The molecule has 1 heterocycles. The Morgan fingerprint density at radius 3 is 2.64 bits per heavy atom. The van der Waals surface area contributed by atoms with Crippen molar-refractivity contribution in [3.05, 3.63) is 29.3 Å². The largest absolute Gasteiger partial charge is 1.00 e. The van der Waals surface area contributed by atoms with Gasteiger partial charge in [0.25, 0.3) is 0 Å². The fourth-order valence-corrected chi connectivity index (χ4v) is 3.03. The molecule has 0 saturated heterocycles. The third-order valence-corrected chi connectivity index (χ3v) is 4.62. The Morgan fingerprint density at radius 2 is 1.95 bits per heavy atom. The zero-order valence-electron chi connectivity index (χ0n) is 14.5. The van der Waals surface area contributed by atoms with Gasteiger partial charge in [0.05, 0.1) is 12.8 Å². The average Bonchev–Trinajstić information content (AvgIpc) is 2.70. The van der Waals surface area contributed by atoms with Gasteiger partial charge in [0.1, 0.15) is 0 Å². The van der Waals surface area contributed by atoms with Crippen LogP contribution in [0.2, 0.25) is 0 Å². The van der Waals surface area contributed by atoms with Gasteiger partial charge in [0, 0.05) is 17.5 Å². The van der Waals surface area contributed by atoms with Crippen LogP contribution in [0.3, 0.4) is 0 Å². The Bertz CT molecular complexity index is 568. The molecule has 22 heavy (non-hydrogen) atoms. The molecule has 1 aromatic carbocycles. The van der Waals surface area contributed by atoms with Crippen molar-refractivity contribution in [2.24, 2.45) is 4.99 Å². The first-order valence-electron chi connectivity index (χ1n) is 7.71. The van der Waals surface area contributed by atoms with Crippen molar-refractivity contribution in [1.29, 1.82) is 0 Å². The van der Waals surface area contributed by atoms with E-state index in [4.69, 9.17) is 4.99 Å². The van der Waals surface area contributed by atoms with E-state index in [0.29, 0.717) is 6.42 Å². The standard InChI is InChI=1S/C18H25NO2.Na/c1-13-9-10-16-15(12-13)18(3,14(2)19-16)11-7-5-6-8-17(20)21-4;/h9-10,12H,5-8,11H2,1-4H3;/q;+1. The summed E-state index contributed by atoms with van der Waals surface area (Å²) in [5.41, 5.74) is 5.02. The second kappa shape index (κ2) is 8.28. The smallest absolute Gasteiger partial charge is 0.469 e. The molecule has 1 unspecified atom stereocenters. The van der Waals surface area contributed by atoms with Gasteiger partial charge in [-0.15, -0.1) is 0 Å². The fraction of sp³-hybridized carbons (Fsp3) is 0.556. The van der Waals surface area contributed by atoms with Crippen molar-refractivity contribution in [3.63, 3.8) is 0 Å². The van der Waals surface area contributed by atoms with Crippen LogP contribution in [0, 0.1) is 6.92 Å². The van der Waals surface area contributed by atoms with E-state index in [-0.39, 0.29) is 40.9 Å². The first kappa shape index (κ1) is 19.4. The van der Waals surface area contributed by atoms with Crippen LogP contribution in [0.1, 0.15) is 57.1 Å². The van der Waals surface area contributed by atoms with Crippen molar-refractivity contribution >= 4 is 17.4 Å². The van der Waals surface area contributed by atoms with Gasteiger partial charge in [0.15, 0.2) is 0 Å². The van der Waals surface area contributed by atoms with Gasteiger partial charge in [-0.2, -0.15) is 0 Å². The molecule has 1 aromatic rings. The van der Waals surface area contributed by atoms with Gasteiger partial charge in [-0.3, -0.25) is 9.79 Å². The Labute approximate surface area is 155 Å². The van der Waals surface area contributed by atoms with Gasteiger partial charge in [-0.25, -0.2) is 0 Å². The average molecular weight is 310 g/mol. The second-order valence-corrected chi connectivity index (χ2v) is 6.19. The van der Waals surface area contributed by atoms with Crippen LogP contribution in [0.4, 0.5) is 5.69 Å². The maximum atomic E-state index is 11.1. The molecule has 0 radical (unpaired) electrons. The molecular weight excluding hydrogens is 285 g/mol. The number of esters is 1. The van der Waals surface area contributed by atoms with Gasteiger partial charge in [-0.1, -0.05) is 37.5 Å². The number of unbranched alkanes of at least 4 members (excludes halogenated alkanes) is 2. The minimum absolute atomic E-state index is 0. The summed E-state index contributed by atoms with van der Waals surface area (Å²) in [6, 6.07) is 6.51. The van der Waals surface area contributed by atoms with Crippen molar-refractivity contribution in [2.45, 2.75) is 58.3 Å². The summed E-state index contributed by atoms with van der Waals surface area (Å²) in [6.45, 7) is 6.55. The first-order chi connectivity index (χ1) is 9.97. The topological polar surface area (TPSA) is 38.7 Å². The SMILES string of the molecule is COC(=O)CCCCCC1(C)C(C)=Nc2ccc(C)cc21.[Na+]. The summed E-state index contributed by atoms with van der Waals surface area (Å²) < 4.78 is 4.67. The van der Waals surface area contributed by atoms with E-state index in [9.17, 15) is 4.79 Å². The van der Waals surface area contributed by atoms with Crippen LogP contribution in [-0.4, -0.2) is 18.8 Å². The summed E-state index contributed by atoms with van der Waals surface area (Å²) >= 11 is 0. The number of fused-ring (bicyclic) bond motifs is 1. The van der Waals surface area contributed by atoms with Crippen LogP contribution in [0.15, 0.2) is 23.2 Å². The molecular formula is C18H25NNaO2+. The summed E-state index contributed by atoms with van der Waals surface area (Å²) in [6.07, 6.45) is 4.67. The van der Waals surface area contributed by atoms with E-state index in [1.807, 2.05) is 0 Å². The monoisotopic (exact) mass is 310 g/mol. The zero-order chi connectivity index (χ0) is 15.5. The molecule has 0 aromatic heterocycles. The minimum atomic E-state index is -0.110. The Kier molecular flexibility index (Phi) is 7.30. The number of hydrogen-bond acceptors (Lipinski definition) is 3. The molecule has 0 spiro atoms. The molecule has 0 fully saturated rings. The number of carbonyl (C=O) groups excluding carboxylic acids is 1. The normalized spacial score (nSPS) is 19.2. The van der Waals surface area contributed by atoms with Crippen LogP contribution in [-0.2, 0) is 14.9 Å². The zero-order valence-corrected chi connectivity index (χ0v) is 16.5. The number of methoxy groups -OCH3 is 1. The number of aliphatic imine (C=N–C) groups is 1. The van der Waals surface area contributed by atoms with Gasteiger partial charge in [0.2, 0.25) is 0 Å². The molecule has 3 nitrogen and oxygen atoms in total. The van der Waals surface area contributed by atoms with Crippen LogP contribution in [0.25, 0.3) is 0 Å². The predicted molar refractivity (Wildman–Crippen MR) is 86.4 cm³/mol. The van der Waals surface area contributed by atoms with E-state index >= 15 is 0 Å². The number of nitrogens with zero attached hydrogens (tertiary/aromatic N) is 1. The molecule has 0 N–H and O–H groups in total. The number of benzene rings is 1. The molecule has 0 amide bonds. The summed E-state index contributed by atoms with van der Waals surface area (Å²) in [4.78, 5) is 15.8. The van der Waals surface area contributed by atoms with Gasteiger partial charge >= 0.3 is 35.5 Å². The Morgan fingerprint density at radius 1 is 1.23 bits per heavy atom. The van der Waals surface area contributed by atoms with E-state index in [0.717, 1.165) is 31.4 Å². The van der Waals surface area contributed by atoms with Crippen molar-refractivity contribution in [1.82, 2.24) is 0 Å². The molecule has 0 saturated carbocycles. The molecule has 0 aliphatic carbocycles.